The molecule has 0 aromatic heterocycles. The van der Waals surface area contributed by atoms with Crippen LogP contribution in [0.1, 0.15) is 6.92 Å². The highest BCUT2D eigenvalue weighted by molar-refractivity contribution is 4.64. The summed E-state index contributed by atoms with van der Waals surface area (Å²) in [4.78, 5) is 1.59. The smallest absolute Gasteiger partial charge is 0.251 e. The molecule has 0 saturated heterocycles. The first-order valence-corrected chi connectivity index (χ1v) is 4.86. The number of aliphatic hydroxyl groups is 1. The zero-order valence-electron chi connectivity index (χ0n) is 8.84. The molecule has 3 nitrogen and oxygen atoms in total. The van der Waals surface area contributed by atoms with E-state index in [0.29, 0.717) is 19.0 Å². The Morgan fingerprint density at radius 2 is 2.00 bits per heavy atom. The Bertz CT molecular complexity index is 136. The van der Waals surface area contributed by atoms with Crippen molar-refractivity contribution in [2.45, 2.75) is 13.3 Å². The molecule has 0 radical (unpaired) electrons. The summed E-state index contributed by atoms with van der Waals surface area (Å²) in [6.45, 7) is 3.37. The first kappa shape index (κ1) is 13.7. The van der Waals surface area contributed by atoms with E-state index in [1.807, 2.05) is 14.0 Å². The van der Waals surface area contributed by atoms with Crippen LogP contribution < -0.4 is 5.32 Å². The van der Waals surface area contributed by atoms with Gasteiger partial charge in [-0.15, -0.1) is 0 Å². The summed E-state index contributed by atoms with van der Waals surface area (Å²) in [6.07, 6.45) is -2.33. The van der Waals surface area contributed by atoms with E-state index in [1.165, 1.54) is 0 Å². The summed E-state index contributed by atoms with van der Waals surface area (Å²) in [7, 11) is 1.83. The maximum Gasteiger partial charge on any atom is 0.251 e. The quantitative estimate of drug-likeness (QED) is 0.609. The lowest BCUT2D eigenvalue weighted by Crippen LogP contribution is -2.37. The van der Waals surface area contributed by atoms with Crippen molar-refractivity contribution in [3.8, 4) is 0 Å². The highest BCUT2D eigenvalue weighted by Gasteiger charge is 2.13. The maximum absolute atomic E-state index is 12.1. The molecule has 0 amide bonds. The van der Waals surface area contributed by atoms with Crippen LogP contribution in [0.15, 0.2) is 0 Å². The topological polar surface area (TPSA) is 35.5 Å². The average molecular weight is 210 g/mol. The van der Waals surface area contributed by atoms with E-state index in [1.54, 1.807) is 4.90 Å². The van der Waals surface area contributed by atoms with Gasteiger partial charge in [0.15, 0.2) is 0 Å². The van der Waals surface area contributed by atoms with Crippen molar-refractivity contribution in [2.24, 2.45) is 5.92 Å². The standard InChI is InChI=1S/C9H20F2N2O/c1-8(5-12-2)6-13(3-4-14)7-9(10)11/h8-9,12,14H,3-7H2,1-2H3. The van der Waals surface area contributed by atoms with Gasteiger partial charge in [0.2, 0.25) is 0 Å². The molecule has 1 unspecified atom stereocenters. The largest absolute Gasteiger partial charge is 0.395 e. The van der Waals surface area contributed by atoms with Gasteiger partial charge in [-0.3, -0.25) is 4.90 Å². The Kier molecular flexibility index (Phi) is 7.93. The van der Waals surface area contributed by atoms with Gasteiger partial charge in [-0.1, -0.05) is 6.92 Å². The van der Waals surface area contributed by atoms with Crippen molar-refractivity contribution >= 4 is 0 Å². The van der Waals surface area contributed by atoms with Crippen LogP contribution in [-0.2, 0) is 0 Å². The van der Waals surface area contributed by atoms with Crippen molar-refractivity contribution in [2.75, 3.05) is 39.8 Å². The number of nitrogens with zero attached hydrogens (tertiary/aromatic N) is 1. The molecule has 0 aliphatic rings. The molecule has 0 aliphatic heterocycles. The van der Waals surface area contributed by atoms with Crippen LogP contribution in [0.4, 0.5) is 8.78 Å². The summed E-state index contributed by atoms with van der Waals surface area (Å²) in [5.41, 5.74) is 0. The molecule has 2 N–H and O–H groups in total. The van der Waals surface area contributed by atoms with Crippen LogP contribution in [0.2, 0.25) is 0 Å². The van der Waals surface area contributed by atoms with Gasteiger partial charge in [-0.2, -0.15) is 0 Å². The minimum absolute atomic E-state index is 0.0704. The SMILES string of the molecule is CNCC(C)CN(CCO)CC(F)F. The lowest BCUT2D eigenvalue weighted by Gasteiger charge is -2.24. The fourth-order valence-corrected chi connectivity index (χ4v) is 1.45. The van der Waals surface area contributed by atoms with Crippen molar-refractivity contribution in [1.29, 1.82) is 0 Å². The first-order chi connectivity index (χ1) is 6.60. The Morgan fingerprint density at radius 3 is 2.43 bits per heavy atom. The number of aliphatic hydroxyl groups excluding tert-OH is 1. The van der Waals surface area contributed by atoms with Crippen LogP contribution >= 0.6 is 0 Å². The van der Waals surface area contributed by atoms with Crippen LogP contribution in [0.25, 0.3) is 0 Å². The predicted molar refractivity (Wildman–Crippen MR) is 52.6 cm³/mol. The number of halogens is 2. The van der Waals surface area contributed by atoms with Crippen molar-refractivity contribution in [3.05, 3.63) is 0 Å². The molecule has 0 spiro atoms. The molecule has 5 heteroatoms. The Balaban J connectivity index is 3.81. The molecule has 0 rings (SSSR count). The van der Waals surface area contributed by atoms with E-state index in [0.717, 1.165) is 6.54 Å². The molecule has 0 fully saturated rings. The summed E-state index contributed by atoms with van der Waals surface area (Å²) in [5, 5.41) is 11.7. The van der Waals surface area contributed by atoms with Crippen molar-refractivity contribution < 1.29 is 13.9 Å². The molecular weight excluding hydrogens is 190 g/mol. The second kappa shape index (κ2) is 8.08. The van der Waals surface area contributed by atoms with Crippen LogP contribution in [0.5, 0.6) is 0 Å². The van der Waals surface area contributed by atoms with E-state index in [2.05, 4.69) is 5.32 Å². The Labute approximate surface area is 84.1 Å². The average Bonchev–Trinajstić information content (AvgIpc) is 2.03. The molecule has 0 aromatic rings. The van der Waals surface area contributed by atoms with E-state index >= 15 is 0 Å². The third-order valence-corrected chi connectivity index (χ3v) is 1.93. The third kappa shape index (κ3) is 7.17. The Morgan fingerprint density at radius 1 is 1.36 bits per heavy atom. The minimum Gasteiger partial charge on any atom is -0.395 e. The van der Waals surface area contributed by atoms with E-state index in [-0.39, 0.29) is 13.2 Å². The van der Waals surface area contributed by atoms with Gasteiger partial charge in [-0.25, -0.2) is 8.78 Å². The van der Waals surface area contributed by atoms with Gasteiger partial charge in [0, 0.05) is 13.1 Å². The zero-order valence-corrected chi connectivity index (χ0v) is 8.84. The van der Waals surface area contributed by atoms with Gasteiger partial charge >= 0.3 is 0 Å². The second-order valence-corrected chi connectivity index (χ2v) is 3.54. The maximum atomic E-state index is 12.1. The molecule has 0 saturated carbocycles. The highest BCUT2D eigenvalue weighted by Crippen LogP contribution is 2.02. The van der Waals surface area contributed by atoms with E-state index < -0.39 is 6.43 Å². The van der Waals surface area contributed by atoms with Gasteiger partial charge < -0.3 is 10.4 Å². The lowest BCUT2D eigenvalue weighted by molar-refractivity contribution is 0.0713. The van der Waals surface area contributed by atoms with Crippen LogP contribution in [0, 0.1) is 5.92 Å². The number of nitrogens with one attached hydrogen (secondary N) is 1. The fourth-order valence-electron chi connectivity index (χ4n) is 1.45. The van der Waals surface area contributed by atoms with Gasteiger partial charge in [0.05, 0.1) is 13.2 Å². The first-order valence-electron chi connectivity index (χ1n) is 4.86. The second-order valence-electron chi connectivity index (χ2n) is 3.54. The summed E-state index contributed by atoms with van der Waals surface area (Å²) in [5.74, 6) is 0.310. The summed E-state index contributed by atoms with van der Waals surface area (Å²) < 4.78 is 24.2. The monoisotopic (exact) mass is 210 g/mol. The Hall–Kier alpha value is -0.260. The molecule has 86 valence electrons. The van der Waals surface area contributed by atoms with Gasteiger partial charge in [0.25, 0.3) is 6.43 Å². The summed E-state index contributed by atoms with van der Waals surface area (Å²) >= 11 is 0. The number of hydrogen-bond donors (Lipinski definition) is 2. The van der Waals surface area contributed by atoms with Gasteiger partial charge in [0.1, 0.15) is 0 Å². The normalized spacial score (nSPS) is 13.9. The number of rotatable bonds is 8. The molecule has 0 bridgehead atoms. The minimum atomic E-state index is -2.33. The summed E-state index contributed by atoms with van der Waals surface area (Å²) in [6, 6.07) is 0. The molecule has 14 heavy (non-hydrogen) atoms. The third-order valence-electron chi connectivity index (χ3n) is 1.93. The highest BCUT2D eigenvalue weighted by atomic mass is 19.3. The van der Waals surface area contributed by atoms with E-state index in [4.69, 9.17) is 5.11 Å². The predicted octanol–water partition coefficient (Wildman–Crippen LogP) is 0.401. The molecular formula is C9H20F2N2O. The van der Waals surface area contributed by atoms with Crippen LogP contribution in [0.3, 0.4) is 0 Å². The lowest BCUT2D eigenvalue weighted by atomic mass is 10.1. The van der Waals surface area contributed by atoms with E-state index in [9.17, 15) is 8.78 Å². The molecule has 0 heterocycles. The number of alkyl halides is 2. The fraction of sp³-hybridized carbons (Fsp3) is 1.00. The van der Waals surface area contributed by atoms with Crippen molar-refractivity contribution in [3.63, 3.8) is 0 Å². The van der Waals surface area contributed by atoms with Crippen molar-refractivity contribution in [1.82, 2.24) is 10.2 Å². The molecule has 0 aliphatic carbocycles. The molecule has 0 aromatic carbocycles. The van der Waals surface area contributed by atoms with Gasteiger partial charge in [-0.05, 0) is 19.5 Å². The van der Waals surface area contributed by atoms with Crippen LogP contribution in [-0.4, -0.2) is 56.3 Å². The number of hydrogen-bond acceptors (Lipinski definition) is 3. The zero-order chi connectivity index (χ0) is 11.0. The molecule has 1 atom stereocenters.